The predicted octanol–water partition coefficient (Wildman–Crippen LogP) is 2.28. The third-order valence-electron chi connectivity index (χ3n) is 3.56. The van der Waals surface area contributed by atoms with Crippen molar-refractivity contribution in [2.45, 2.75) is 44.0 Å². The zero-order valence-corrected chi connectivity index (χ0v) is 12.4. The Hall–Kier alpha value is 0.620. The Kier molecular flexibility index (Phi) is 7.20. The highest BCUT2D eigenvalue weighted by Crippen LogP contribution is 2.26. The fraction of sp³-hybridized carbons (Fsp3) is 1.00. The van der Waals surface area contributed by atoms with E-state index in [2.05, 4.69) is 36.8 Å². The molecule has 0 amide bonds. The second-order valence-electron chi connectivity index (χ2n) is 4.58. The van der Waals surface area contributed by atoms with E-state index < -0.39 is 0 Å². The van der Waals surface area contributed by atoms with Crippen molar-refractivity contribution in [3.63, 3.8) is 0 Å². The first-order valence-corrected chi connectivity index (χ1v) is 8.71. The van der Waals surface area contributed by atoms with Gasteiger partial charge in [-0.15, -0.1) is 0 Å². The molecule has 0 aliphatic carbocycles. The minimum atomic E-state index is 0.602. The van der Waals surface area contributed by atoms with Crippen LogP contribution in [-0.2, 0) is 0 Å². The molecule has 2 nitrogen and oxygen atoms in total. The van der Waals surface area contributed by atoms with Gasteiger partial charge in [0.15, 0.2) is 0 Å². The molecule has 0 aromatic carbocycles. The number of nitrogens with zero attached hydrogens (tertiary/aromatic N) is 1. The van der Waals surface area contributed by atoms with Gasteiger partial charge in [0.2, 0.25) is 0 Å². The molecule has 16 heavy (non-hydrogen) atoms. The Labute approximate surface area is 109 Å². The molecule has 0 saturated carbocycles. The van der Waals surface area contributed by atoms with Crippen molar-refractivity contribution in [2.24, 2.45) is 5.73 Å². The summed E-state index contributed by atoms with van der Waals surface area (Å²) < 4.78 is 0. The molecule has 0 bridgehead atoms. The van der Waals surface area contributed by atoms with Crippen LogP contribution >= 0.6 is 23.5 Å². The van der Waals surface area contributed by atoms with Gasteiger partial charge >= 0.3 is 0 Å². The maximum absolute atomic E-state index is 5.94. The van der Waals surface area contributed by atoms with Gasteiger partial charge in [0.1, 0.15) is 0 Å². The zero-order chi connectivity index (χ0) is 12.0. The van der Waals surface area contributed by atoms with Gasteiger partial charge in [-0.1, -0.05) is 6.92 Å². The van der Waals surface area contributed by atoms with E-state index in [9.17, 15) is 0 Å². The van der Waals surface area contributed by atoms with Crippen LogP contribution in [0.15, 0.2) is 0 Å². The number of rotatable bonds is 6. The zero-order valence-electron chi connectivity index (χ0n) is 10.8. The van der Waals surface area contributed by atoms with Gasteiger partial charge < -0.3 is 5.73 Å². The smallest absolute Gasteiger partial charge is 0.0222 e. The van der Waals surface area contributed by atoms with Crippen LogP contribution in [0.3, 0.4) is 0 Å². The molecular formula is C12H26N2S2. The Bertz CT molecular complexity index is 190. The molecule has 1 rings (SSSR count). The maximum atomic E-state index is 5.94. The molecule has 0 radical (unpaired) electrons. The lowest BCUT2D eigenvalue weighted by atomic mass is 10.1. The van der Waals surface area contributed by atoms with Crippen molar-refractivity contribution in [1.29, 1.82) is 0 Å². The third kappa shape index (κ3) is 4.13. The molecular weight excluding hydrogens is 236 g/mol. The summed E-state index contributed by atoms with van der Waals surface area (Å²) in [5.41, 5.74) is 5.94. The van der Waals surface area contributed by atoms with Crippen LogP contribution in [-0.4, -0.2) is 53.1 Å². The molecule has 1 aliphatic rings. The first kappa shape index (κ1) is 14.7. The average Bonchev–Trinajstić information content (AvgIpc) is 2.29. The van der Waals surface area contributed by atoms with E-state index in [0.29, 0.717) is 12.1 Å². The molecule has 1 saturated heterocycles. The van der Waals surface area contributed by atoms with Crippen LogP contribution in [0.5, 0.6) is 0 Å². The van der Waals surface area contributed by atoms with E-state index >= 15 is 0 Å². The van der Waals surface area contributed by atoms with Crippen molar-refractivity contribution >= 4 is 23.5 Å². The van der Waals surface area contributed by atoms with Crippen LogP contribution in [0.25, 0.3) is 0 Å². The number of thioether (sulfide) groups is 2. The summed E-state index contributed by atoms with van der Waals surface area (Å²) in [5, 5.41) is 0.753. The Morgan fingerprint density at radius 1 is 1.50 bits per heavy atom. The highest BCUT2D eigenvalue weighted by atomic mass is 32.2. The van der Waals surface area contributed by atoms with Gasteiger partial charge in [0.25, 0.3) is 0 Å². The number of nitrogens with two attached hydrogens (primary N) is 1. The van der Waals surface area contributed by atoms with Gasteiger partial charge in [-0.05, 0) is 31.8 Å². The minimum absolute atomic E-state index is 0.602. The quantitative estimate of drug-likeness (QED) is 0.744. The molecule has 2 N–H and O–H groups in total. The van der Waals surface area contributed by atoms with Crippen molar-refractivity contribution in [3.05, 3.63) is 0 Å². The van der Waals surface area contributed by atoms with Gasteiger partial charge in [-0.3, -0.25) is 4.90 Å². The van der Waals surface area contributed by atoms with E-state index in [1.54, 1.807) is 0 Å². The van der Waals surface area contributed by atoms with Crippen LogP contribution < -0.4 is 5.73 Å². The molecule has 0 spiro atoms. The Morgan fingerprint density at radius 2 is 2.25 bits per heavy atom. The molecule has 3 unspecified atom stereocenters. The second kappa shape index (κ2) is 7.85. The molecule has 1 heterocycles. The number of hydrogen-bond acceptors (Lipinski definition) is 4. The average molecular weight is 262 g/mol. The molecule has 4 heteroatoms. The summed E-state index contributed by atoms with van der Waals surface area (Å²) in [5.74, 6) is 2.54. The molecule has 0 aromatic rings. The van der Waals surface area contributed by atoms with Gasteiger partial charge in [-0.2, -0.15) is 23.5 Å². The summed E-state index contributed by atoms with van der Waals surface area (Å²) in [6.45, 7) is 6.73. The molecule has 0 aromatic heterocycles. The molecule has 3 atom stereocenters. The van der Waals surface area contributed by atoms with Crippen molar-refractivity contribution in [3.8, 4) is 0 Å². The fourth-order valence-electron chi connectivity index (χ4n) is 2.35. The fourth-order valence-corrected chi connectivity index (χ4v) is 3.93. The minimum Gasteiger partial charge on any atom is -0.329 e. The second-order valence-corrected chi connectivity index (χ2v) is 7.05. The van der Waals surface area contributed by atoms with E-state index in [1.807, 2.05) is 11.8 Å². The monoisotopic (exact) mass is 262 g/mol. The van der Waals surface area contributed by atoms with E-state index in [1.165, 1.54) is 30.9 Å². The summed E-state index contributed by atoms with van der Waals surface area (Å²) in [7, 11) is 0. The summed E-state index contributed by atoms with van der Waals surface area (Å²) in [4.78, 5) is 2.64. The van der Waals surface area contributed by atoms with Crippen LogP contribution in [0.2, 0.25) is 0 Å². The van der Waals surface area contributed by atoms with E-state index in [-0.39, 0.29) is 0 Å². The van der Waals surface area contributed by atoms with Gasteiger partial charge in [0.05, 0.1) is 0 Å². The van der Waals surface area contributed by atoms with Crippen molar-refractivity contribution in [1.82, 2.24) is 4.90 Å². The van der Waals surface area contributed by atoms with Crippen molar-refractivity contribution < 1.29 is 0 Å². The maximum Gasteiger partial charge on any atom is 0.0222 e. The molecule has 1 aliphatic heterocycles. The normalized spacial score (nSPS) is 29.2. The third-order valence-corrected chi connectivity index (χ3v) is 5.59. The lowest BCUT2D eigenvalue weighted by Crippen LogP contribution is -2.52. The molecule has 96 valence electrons. The first-order valence-electron chi connectivity index (χ1n) is 6.27. The van der Waals surface area contributed by atoms with Crippen LogP contribution in [0, 0.1) is 0 Å². The first-order chi connectivity index (χ1) is 7.70. The van der Waals surface area contributed by atoms with Crippen molar-refractivity contribution in [2.75, 3.05) is 30.9 Å². The highest BCUT2D eigenvalue weighted by molar-refractivity contribution is 8.00. The Morgan fingerprint density at radius 3 is 2.88 bits per heavy atom. The summed E-state index contributed by atoms with van der Waals surface area (Å²) in [6, 6.07) is 1.28. The lowest BCUT2D eigenvalue weighted by molar-refractivity contribution is 0.142. The molecule has 1 fully saturated rings. The Balaban J connectivity index is 2.43. The van der Waals surface area contributed by atoms with Crippen LogP contribution in [0.1, 0.15) is 26.7 Å². The SMILES string of the molecule is CSCCCC(CN)N1CCSC(C)C1C. The van der Waals surface area contributed by atoms with E-state index in [0.717, 1.165) is 11.8 Å². The topological polar surface area (TPSA) is 29.3 Å². The standard InChI is InChI=1S/C12H26N2S2/c1-10-11(2)16-8-6-14(10)12(9-13)5-4-7-15-3/h10-12H,4-9,13H2,1-3H3. The van der Waals surface area contributed by atoms with Gasteiger partial charge in [-0.25, -0.2) is 0 Å². The van der Waals surface area contributed by atoms with E-state index in [4.69, 9.17) is 5.73 Å². The predicted molar refractivity (Wildman–Crippen MR) is 78.5 cm³/mol. The largest absolute Gasteiger partial charge is 0.329 e. The highest BCUT2D eigenvalue weighted by Gasteiger charge is 2.29. The van der Waals surface area contributed by atoms with Crippen LogP contribution in [0.4, 0.5) is 0 Å². The lowest BCUT2D eigenvalue weighted by Gasteiger charge is -2.42. The van der Waals surface area contributed by atoms with Gasteiger partial charge in [0, 0.05) is 36.2 Å². The summed E-state index contributed by atoms with van der Waals surface area (Å²) in [6.07, 6.45) is 4.74. The number of hydrogen-bond donors (Lipinski definition) is 1. The summed E-state index contributed by atoms with van der Waals surface area (Å²) >= 11 is 4.04.